The van der Waals surface area contributed by atoms with Gasteiger partial charge in [0.1, 0.15) is 6.10 Å². The fourth-order valence-corrected chi connectivity index (χ4v) is 2.12. The topological polar surface area (TPSA) is 64.7 Å². The predicted octanol–water partition coefficient (Wildman–Crippen LogP) is 0.0121. The van der Waals surface area contributed by atoms with Crippen molar-refractivity contribution in [3.63, 3.8) is 0 Å². The smallest absolute Gasteiger partial charge is 0.164 e. The minimum Gasteiger partial charge on any atom is -0.391 e. The third-order valence-corrected chi connectivity index (χ3v) is 2.75. The van der Waals surface area contributed by atoms with Gasteiger partial charge in [0.15, 0.2) is 5.79 Å². The van der Waals surface area contributed by atoms with Gasteiger partial charge in [0.25, 0.3) is 0 Å². The molecule has 0 aromatic heterocycles. The summed E-state index contributed by atoms with van der Waals surface area (Å²) in [4.78, 5) is 0. The summed E-state index contributed by atoms with van der Waals surface area (Å²) in [6.07, 6.45) is 3.23. The van der Waals surface area contributed by atoms with Crippen LogP contribution in [0.3, 0.4) is 0 Å². The summed E-state index contributed by atoms with van der Waals surface area (Å²) < 4.78 is 11.3. The van der Waals surface area contributed by atoms with E-state index in [-0.39, 0.29) is 24.7 Å². The largest absolute Gasteiger partial charge is 0.391 e. The van der Waals surface area contributed by atoms with Gasteiger partial charge in [-0.15, -0.1) is 0 Å². The van der Waals surface area contributed by atoms with Gasteiger partial charge in [0, 0.05) is 12.5 Å². The molecule has 14 heavy (non-hydrogen) atoms. The third kappa shape index (κ3) is 1.59. The summed E-state index contributed by atoms with van der Waals surface area (Å²) in [6, 6.07) is 0. The Morgan fingerprint density at radius 1 is 1.43 bits per heavy atom. The number of hydrogen-bond acceptors (Lipinski definition) is 4. The quantitative estimate of drug-likeness (QED) is 0.615. The lowest BCUT2D eigenvalue weighted by molar-refractivity contribution is -0.151. The van der Waals surface area contributed by atoms with E-state index in [1.807, 2.05) is 26.0 Å². The van der Waals surface area contributed by atoms with Crippen LogP contribution in [0.25, 0.3) is 0 Å². The van der Waals surface area contributed by atoms with E-state index in [1.54, 1.807) is 0 Å². The Hall–Kier alpha value is -0.420. The molecule has 1 aliphatic carbocycles. The van der Waals surface area contributed by atoms with E-state index < -0.39 is 11.9 Å². The second kappa shape index (κ2) is 3.31. The molecule has 1 heterocycles. The van der Waals surface area contributed by atoms with Crippen LogP contribution in [-0.2, 0) is 9.47 Å². The highest BCUT2D eigenvalue weighted by Crippen LogP contribution is 2.38. The number of hydrogen-bond donors (Lipinski definition) is 2. The van der Waals surface area contributed by atoms with E-state index in [4.69, 9.17) is 15.2 Å². The van der Waals surface area contributed by atoms with Gasteiger partial charge in [0.05, 0.1) is 12.2 Å². The average Bonchev–Trinajstić information content (AvgIpc) is 2.58. The highest BCUT2D eigenvalue weighted by Gasteiger charge is 2.47. The monoisotopic (exact) mass is 199 g/mol. The summed E-state index contributed by atoms with van der Waals surface area (Å²) in [5.74, 6) is -0.584. The number of nitrogens with two attached hydrogens (primary N) is 1. The van der Waals surface area contributed by atoms with Crippen molar-refractivity contribution < 1.29 is 14.6 Å². The molecular formula is C10H17NO3. The number of ether oxygens (including phenoxy) is 2. The van der Waals surface area contributed by atoms with E-state index in [1.165, 1.54) is 0 Å². The van der Waals surface area contributed by atoms with Crippen molar-refractivity contribution >= 4 is 0 Å². The maximum absolute atomic E-state index is 9.66. The van der Waals surface area contributed by atoms with Crippen molar-refractivity contribution in [1.29, 1.82) is 0 Å². The maximum atomic E-state index is 9.66. The van der Waals surface area contributed by atoms with Crippen LogP contribution in [0.5, 0.6) is 0 Å². The summed E-state index contributed by atoms with van der Waals surface area (Å²) in [5, 5.41) is 9.66. The van der Waals surface area contributed by atoms with E-state index in [0.717, 1.165) is 0 Å². The normalized spacial score (nSPS) is 41.3. The molecular weight excluding hydrogens is 182 g/mol. The molecule has 1 aliphatic heterocycles. The highest BCUT2D eigenvalue weighted by atomic mass is 16.8. The molecule has 1 fully saturated rings. The van der Waals surface area contributed by atoms with Crippen LogP contribution < -0.4 is 5.73 Å². The molecule has 4 heteroatoms. The van der Waals surface area contributed by atoms with Crippen LogP contribution in [-0.4, -0.2) is 35.8 Å². The molecule has 0 bridgehead atoms. The van der Waals surface area contributed by atoms with Crippen molar-refractivity contribution in [3.8, 4) is 0 Å². The molecule has 3 N–H and O–H groups in total. The van der Waals surface area contributed by atoms with Crippen LogP contribution in [0.15, 0.2) is 12.2 Å². The second-order valence-electron chi connectivity index (χ2n) is 4.33. The van der Waals surface area contributed by atoms with Crippen molar-refractivity contribution in [2.75, 3.05) is 6.54 Å². The number of fused-ring (bicyclic) bond motifs is 1. The summed E-state index contributed by atoms with van der Waals surface area (Å²) in [6.45, 7) is 4.01. The Labute approximate surface area is 83.7 Å². The van der Waals surface area contributed by atoms with Crippen molar-refractivity contribution in [3.05, 3.63) is 12.2 Å². The van der Waals surface area contributed by atoms with Crippen LogP contribution in [0.4, 0.5) is 0 Å². The molecule has 0 amide bonds. The van der Waals surface area contributed by atoms with E-state index in [0.29, 0.717) is 0 Å². The van der Waals surface area contributed by atoms with Crippen LogP contribution in [0, 0.1) is 5.92 Å². The number of aliphatic hydroxyl groups is 1. The van der Waals surface area contributed by atoms with E-state index in [2.05, 4.69) is 0 Å². The summed E-state index contributed by atoms with van der Waals surface area (Å²) >= 11 is 0. The molecule has 0 aromatic rings. The first-order valence-electron chi connectivity index (χ1n) is 4.95. The lowest BCUT2D eigenvalue weighted by atomic mass is 9.99. The average molecular weight is 199 g/mol. The molecule has 2 rings (SSSR count). The Morgan fingerprint density at radius 2 is 2.14 bits per heavy atom. The van der Waals surface area contributed by atoms with E-state index >= 15 is 0 Å². The van der Waals surface area contributed by atoms with Crippen LogP contribution in [0.1, 0.15) is 13.8 Å². The molecule has 4 atom stereocenters. The van der Waals surface area contributed by atoms with Crippen LogP contribution >= 0.6 is 0 Å². The third-order valence-electron chi connectivity index (χ3n) is 2.75. The van der Waals surface area contributed by atoms with Crippen molar-refractivity contribution in [2.45, 2.75) is 37.9 Å². The van der Waals surface area contributed by atoms with Crippen LogP contribution in [0.2, 0.25) is 0 Å². The van der Waals surface area contributed by atoms with Gasteiger partial charge in [0.2, 0.25) is 0 Å². The van der Waals surface area contributed by atoms with Gasteiger partial charge in [-0.2, -0.15) is 0 Å². The van der Waals surface area contributed by atoms with Gasteiger partial charge in [-0.3, -0.25) is 0 Å². The lowest BCUT2D eigenvalue weighted by Gasteiger charge is -2.23. The molecule has 2 aliphatic rings. The molecule has 0 spiro atoms. The first-order valence-corrected chi connectivity index (χ1v) is 4.95. The minimum atomic E-state index is -0.549. The van der Waals surface area contributed by atoms with Gasteiger partial charge in [-0.25, -0.2) is 0 Å². The van der Waals surface area contributed by atoms with Gasteiger partial charge >= 0.3 is 0 Å². The highest BCUT2D eigenvalue weighted by molar-refractivity contribution is 5.14. The minimum absolute atomic E-state index is 0.0313. The first kappa shape index (κ1) is 10.1. The lowest BCUT2D eigenvalue weighted by Crippen LogP contribution is -2.37. The van der Waals surface area contributed by atoms with Gasteiger partial charge in [-0.1, -0.05) is 12.2 Å². The van der Waals surface area contributed by atoms with Gasteiger partial charge < -0.3 is 20.3 Å². The predicted molar refractivity (Wildman–Crippen MR) is 51.5 cm³/mol. The Balaban J connectivity index is 2.09. The SMILES string of the molecule is CC1(C)O[C@H]2[C@H]([C@@H](O)CN)C=C[C@H]2O1. The molecule has 0 saturated carbocycles. The van der Waals surface area contributed by atoms with Gasteiger partial charge in [-0.05, 0) is 13.8 Å². The molecule has 0 aromatic carbocycles. The fourth-order valence-electron chi connectivity index (χ4n) is 2.12. The Morgan fingerprint density at radius 3 is 2.79 bits per heavy atom. The molecule has 80 valence electrons. The zero-order valence-corrected chi connectivity index (χ0v) is 8.51. The maximum Gasteiger partial charge on any atom is 0.164 e. The number of rotatable bonds is 2. The zero-order chi connectivity index (χ0) is 10.3. The van der Waals surface area contributed by atoms with E-state index in [9.17, 15) is 5.11 Å². The first-order chi connectivity index (χ1) is 6.53. The van der Waals surface area contributed by atoms with Crippen molar-refractivity contribution in [2.24, 2.45) is 11.7 Å². The molecule has 4 nitrogen and oxygen atoms in total. The zero-order valence-electron chi connectivity index (χ0n) is 8.51. The Bertz CT molecular complexity index is 252. The number of aliphatic hydroxyl groups excluding tert-OH is 1. The molecule has 0 radical (unpaired) electrons. The summed E-state index contributed by atoms with van der Waals surface area (Å²) in [7, 11) is 0. The van der Waals surface area contributed by atoms with Crippen molar-refractivity contribution in [1.82, 2.24) is 0 Å². The molecule has 0 unspecified atom stereocenters. The fraction of sp³-hybridized carbons (Fsp3) is 0.800. The second-order valence-corrected chi connectivity index (χ2v) is 4.33. The standard InChI is InChI=1S/C10H17NO3/c1-10(2)13-8-4-3-6(7(12)5-11)9(8)14-10/h3-4,6-9,12H,5,11H2,1-2H3/t6-,7-,8+,9-/m0/s1. The Kier molecular flexibility index (Phi) is 2.39. The summed E-state index contributed by atoms with van der Waals surface area (Å²) in [5.41, 5.74) is 5.42. The molecule has 1 saturated heterocycles.